The van der Waals surface area contributed by atoms with Gasteiger partial charge in [-0.3, -0.25) is 10.1 Å². The second kappa shape index (κ2) is 5.94. The Hall–Kier alpha value is -1.05. The van der Waals surface area contributed by atoms with Crippen molar-refractivity contribution in [3.8, 4) is 10.6 Å². The lowest BCUT2D eigenvalue weighted by Crippen LogP contribution is -1.91. The molecule has 19 heavy (non-hydrogen) atoms. The van der Waals surface area contributed by atoms with E-state index in [1.54, 1.807) is 12.1 Å². The summed E-state index contributed by atoms with van der Waals surface area (Å²) in [7, 11) is 0. The number of nitrogens with zero attached hydrogens (tertiary/aromatic N) is 3. The second-order valence-corrected chi connectivity index (χ2v) is 6.29. The molecule has 0 aliphatic heterocycles. The Labute approximate surface area is 126 Å². The maximum absolute atomic E-state index is 11.0. The quantitative estimate of drug-likeness (QED) is 0.452. The zero-order chi connectivity index (χ0) is 14.0. The van der Waals surface area contributed by atoms with Crippen LogP contribution in [0.5, 0.6) is 0 Å². The summed E-state index contributed by atoms with van der Waals surface area (Å²) in [6.45, 7) is 2.02. The Morgan fingerprint density at radius 3 is 2.89 bits per heavy atom. The zero-order valence-corrected chi connectivity index (χ0v) is 13.0. The zero-order valence-electron chi connectivity index (χ0n) is 9.84. The van der Waals surface area contributed by atoms with Gasteiger partial charge in [-0.15, -0.1) is 10.2 Å². The fourth-order valence-electron chi connectivity index (χ4n) is 1.48. The fraction of sp³-hybridized carbons (Fsp3) is 0.273. The van der Waals surface area contributed by atoms with Crippen molar-refractivity contribution < 1.29 is 4.92 Å². The van der Waals surface area contributed by atoms with Crippen LogP contribution in [0.4, 0.5) is 5.69 Å². The van der Waals surface area contributed by atoms with Gasteiger partial charge in [-0.05, 0) is 18.6 Å². The van der Waals surface area contributed by atoms with Crippen LogP contribution in [0.3, 0.4) is 0 Å². The molecule has 100 valence electrons. The molecule has 0 aliphatic carbocycles. The molecule has 1 aromatic heterocycles. The molecule has 8 heteroatoms. The van der Waals surface area contributed by atoms with Crippen LogP contribution in [0.1, 0.15) is 23.2 Å². The van der Waals surface area contributed by atoms with Crippen LogP contribution in [0, 0.1) is 10.1 Å². The fourth-order valence-corrected chi connectivity index (χ4v) is 2.96. The minimum absolute atomic E-state index is 0.0576. The van der Waals surface area contributed by atoms with Crippen LogP contribution in [-0.4, -0.2) is 15.1 Å². The van der Waals surface area contributed by atoms with Crippen molar-refractivity contribution in [2.45, 2.75) is 18.2 Å². The number of rotatable bonds is 4. The summed E-state index contributed by atoms with van der Waals surface area (Å²) in [5, 5.41) is 20.8. The van der Waals surface area contributed by atoms with E-state index in [4.69, 9.17) is 11.6 Å². The van der Waals surface area contributed by atoms with Crippen molar-refractivity contribution in [2.75, 3.05) is 0 Å². The van der Waals surface area contributed by atoms with E-state index in [9.17, 15) is 10.1 Å². The van der Waals surface area contributed by atoms with Crippen molar-refractivity contribution in [1.82, 2.24) is 10.2 Å². The van der Waals surface area contributed by atoms with Gasteiger partial charge in [-0.25, -0.2) is 0 Å². The molecule has 0 saturated heterocycles. The number of nitro groups is 1. The molecule has 2 aromatic rings. The Morgan fingerprint density at radius 1 is 1.53 bits per heavy atom. The van der Waals surface area contributed by atoms with E-state index in [1.807, 2.05) is 6.92 Å². The number of alkyl halides is 1. The summed E-state index contributed by atoms with van der Waals surface area (Å²) < 4.78 is 0. The summed E-state index contributed by atoms with van der Waals surface area (Å²) in [6, 6.07) is 4.53. The second-order valence-electron chi connectivity index (χ2n) is 3.74. The lowest BCUT2D eigenvalue weighted by molar-refractivity contribution is -0.384. The third kappa shape index (κ3) is 3.10. The molecular formula is C11H9BrClN3O2S. The summed E-state index contributed by atoms with van der Waals surface area (Å²) in [6.07, 6.45) is 0.872. The molecule has 1 heterocycles. The average Bonchev–Trinajstić information content (AvgIpc) is 2.87. The van der Waals surface area contributed by atoms with Crippen LogP contribution in [0.25, 0.3) is 10.6 Å². The number of nitro benzene ring substituents is 1. The molecule has 1 aromatic carbocycles. The molecule has 0 bridgehead atoms. The SMILES string of the molecule is CCC(Br)c1nnc(-c2ccc(Cl)cc2[N+](=O)[O-])s1. The third-order valence-corrected chi connectivity index (χ3v) is 5.14. The van der Waals surface area contributed by atoms with Crippen molar-refractivity contribution in [3.05, 3.63) is 38.3 Å². The van der Waals surface area contributed by atoms with Gasteiger partial charge in [0.1, 0.15) is 5.01 Å². The molecule has 2 rings (SSSR count). The van der Waals surface area contributed by atoms with E-state index in [1.165, 1.54) is 17.4 Å². The molecule has 0 amide bonds. The van der Waals surface area contributed by atoms with Crippen LogP contribution in [0.2, 0.25) is 5.02 Å². The molecule has 5 nitrogen and oxygen atoms in total. The minimum atomic E-state index is -0.465. The van der Waals surface area contributed by atoms with Crippen LogP contribution >= 0.6 is 38.9 Å². The smallest absolute Gasteiger partial charge is 0.258 e. The van der Waals surface area contributed by atoms with E-state index in [0.29, 0.717) is 15.6 Å². The first kappa shape index (κ1) is 14.4. The van der Waals surface area contributed by atoms with Gasteiger partial charge < -0.3 is 0 Å². The number of hydrogen-bond donors (Lipinski definition) is 0. The van der Waals surface area contributed by atoms with Gasteiger partial charge in [-0.1, -0.05) is 45.8 Å². The van der Waals surface area contributed by atoms with Gasteiger partial charge in [0, 0.05) is 11.1 Å². The Balaban J connectivity index is 2.47. The minimum Gasteiger partial charge on any atom is -0.258 e. The Kier molecular flexibility index (Phi) is 4.49. The highest BCUT2D eigenvalue weighted by Gasteiger charge is 2.20. The summed E-state index contributed by atoms with van der Waals surface area (Å²) in [5.74, 6) is 0. The summed E-state index contributed by atoms with van der Waals surface area (Å²) in [4.78, 5) is 10.7. The van der Waals surface area contributed by atoms with E-state index in [2.05, 4.69) is 26.1 Å². The maximum Gasteiger partial charge on any atom is 0.281 e. The topological polar surface area (TPSA) is 68.9 Å². The number of aromatic nitrogens is 2. The Bertz CT molecular complexity index is 620. The van der Waals surface area contributed by atoms with Crippen LogP contribution in [0.15, 0.2) is 18.2 Å². The maximum atomic E-state index is 11.0. The van der Waals surface area contributed by atoms with Crippen molar-refractivity contribution in [3.63, 3.8) is 0 Å². The molecule has 0 spiro atoms. The molecule has 0 fully saturated rings. The predicted molar refractivity (Wildman–Crippen MR) is 79.0 cm³/mol. The lowest BCUT2D eigenvalue weighted by atomic mass is 10.2. The molecule has 1 unspecified atom stereocenters. The number of benzene rings is 1. The molecule has 0 saturated carbocycles. The standard InChI is InChI=1S/C11H9BrClN3O2S/c1-2-8(12)11-15-14-10(19-11)7-4-3-6(13)5-9(7)16(17)18/h3-5,8H,2H2,1H3. The first-order chi connectivity index (χ1) is 9.02. The van der Waals surface area contributed by atoms with Crippen molar-refractivity contribution in [2.24, 2.45) is 0 Å². The number of hydrogen-bond acceptors (Lipinski definition) is 5. The molecular weight excluding hydrogens is 354 g/mol. The highest BCUT2D eigenvalue weighted by molar-refractivity contribution is 9.09. The van der Waals surface area contributed by atoms with Crippen LogP contribution < -0.4 is 0 Å². The van der Waals surface area contributed by atoms with E-state index in [0.717, 1.165) is 11.4 Å². The first-order valence-corrected chi connectivity index (χ1v) is 7.55. The van der Waals surface area contributed by atoms with Crippen molar-refractivity contribution >= 4 is 44.6 Å². The van der Waals surface area contributed by atoms with Gasteiger partial charge in [0.2, 0.25) is 0 Å². The van der Waals surface area contributed by atoms with E-state index in [-0.39, 0.29) is 10.5 Å². The highest BCUT2D eigenvalue weighted by atomic mass is 79.9. The average molecular weight is 363 g/mol. The van der Waals surface area contributed by atoms with E-state index >= 15 is 0 Å². The molecule has 0 N–H and O–H groups in total. The number of halogens is 2. The van der Waals surface area contributed by atoms with Crippen LogP contribution in [-0.2, 0) is 0 Å². The van der Waals surface area contributed by atoms with Crippen molar-refractivity contribution in [1.29, 1.82) is 0 Å². The predicted octanol–water partition coefficient (Wildman–Crippen LogP) is 4.61. The van der Waals surface area contributed by atoms with Gasteiger partial charge in [0.15, 0.2) is 5.01 Å². The normalized spacial score (nSPS) is 12.4. The van der Waals surface area contributed by atoms with Gasteiger partial charge in [-0.2, -0.15) is 0 Å². The van der Waals surface area contributed by atoms with E-state index < -0.39 is 4.92 Å². The summed E-state index contributed by atoms with van der Waals surface area (Å²) >= 11 is 10.6. The van der Waals surface area contributed by atoms with Gasteiger partial charge in [0.05, 0.1) is 15.3 Å². The first-order valence-electron chi connectivity index (χ1n) is 5.44. The summed E-state index contributed by atoms with van der Waals surface area (Å²) in [5.41, 5.74) is 0.381. The molecule has 1 atom stereocenters. The third-order valence-electron chi connectivity index (χ3n) is 2.45. The molecule has 0 aliphatic rings. The Morgan fingerprint density at radius 2 is 2.26 bits per heavy atom. The highest BCUT2D eigenvalue weighted by Crippen LogP contribution is 2.37. The van der Waals surface area contributed by atoms with Gasteiger partial charge in [0.25, 0.3) is 5.69 Å². The monoisotopic (exact) mass is 361 g/mol. The van der Waals surface area contributed by atoms with Gasteiger partial charge >= 0.3 is 0 Å². The lowest BCUT2D eigenvalue weighted by Gasteiger charge is -2.00. The largest absolute Gasteiger partial charge is 0.281 e. The molecule has 0 radical (unpaired) electrons.